The minimum absolute atomic E-state index is 0.0112. The zero-order valence-electron chi connectivity index (χ0n) is 20.6. The Bertz CT molecular complexity index is 1510. The van der Waals surface area contributed by atoms with E-state index < -0.39 is 34.3 Å². The molecule has 0 spiro atoms. The normalized spacial score (nSPS) is 16.1. The predicted octanol–water partition coefficient (Wildman–Crippen LogP) is 3.37. The van der Waals surface area contributed by atoms with Crippen molar-refractivity contribution in [2.75, 3.05) is 18.4 Å². The number of pyridine rings is 2. The van der Waals surface area contributed by atoms with Crippen molar-refractivity contribution in [1.29, 1.82) is 0 Å². The molecule has 1 fully saturated rings. The molecule has 1 saturated heterocycles. The molecule has 0 saturated carbocycles. The van der Waals surface area contributed by atoms with Gasteiger partial charge in [0.2, 0.25) is 28.5 Å². The summed E-state index contributed by atoms with van der Waals surface area (Å²) in [5, 5.41) is 6.64. The van der Waals surface area contributed by atoms with E-state index in [2.05, 4.69) is 35.3 Å². The standard InChI is InChI=1S/C26H25F2N7O3S/c27-22-19(24(35-39(36)37)16-4-1-10-29-14-16)7-8-21(23(22)28)38-25-18(6-3-12-31-25)20-9-13-32-26(34-20)33-17-5-2-11-30-15-17/h1,3-4,6-10,12-14,17,24,30,39H,2,5,11,15H2,(H,32,33,34)(H,35,36,37)/t17-,24-/m0/s1. The van der Waals surface area contributed by atoms with Crippen LogP contribution in [0.5, 0.6) is 11.6 Å². The van der Waals surface area contributed by atoms with Crippen molar-refractivity contribution in [3.05, 3.63) is 90.0 Å². The highest BCUT2D eigenvalue weighted by molar-refractivity contribution is 7.70. The number of nitrogens with one attached hydrogen (secondary N) is 3. The van der Waals surface area contributed by atoms with Gasteiger partial charge in [-0.05, 0) is 55.3 Å². The molecule has 39 heavy (non-hydrogen) atoms. The van der Waals surface area contributed by atoms with E-state index in [-0.39, 0.29) is 17.5 Å². The second-order valence-electron chi connectivity index (χ2n) is 8.80. The van der Waals surface area contributed by atoms with Crippen molar-refractivity contribution >= 4 is 16.8 Å². The van der Waals surface area contributed by atoms with Crippen LogP contribution >= 0.6 is 0 Å². The molecule has 0 radical (unpaired) electrons. The molecule has 0 aliphatic carbocycles. The van der Waals surface area contributed by atoms with E-state index >= 15 is 8.78 Å². The van der Waals surface area contributed by atoms with Gasteiger partial charge in [0.1, 0.15) is 0 Å². The summed E-state index contributed by atoms with van der Waals surface area (Å²) in [6.45, 7) is 1.78. The summed E-state index contributed by atoms with van der Waals surface area (Å²) >= 11 is 0. The van der Waals surface area contributed by atoms with Gasteiger partial charge < -0.3 is 15.4 Å². The molecule has 1 aliphatic rings. The van der Waals surface area contributed by atoms with Crippen molar-refractivity contribution in [1.82, 2.24) is 30.0 Å². The van der Waals surface area contributed by atoms with Gasteiger partial charge in [0, 0.05) is 42.9 Å². The van der Waals surface area contributed by atoms with E-state index in [1.807, 2.05) is 0 Å². The van der Waals surface area contributed by atoms with Crippen molar-refractivity contribution in [3.8, 4) is 22.9 Å². The molecule has 5 rings (SSSR count). The van der Waals surface area contributed by atoms with Crippen LogP contribution in [0.4, 0.5) is 14.7 Å². The van der Waals surface area contributed by atoms with Crippen LogP contribution in [0.25, 0.3) is 11.3 Å². The molecule has 4 aromatic rings. The lowest BCUT2D eigenvalue weighted by atomic mass is 10.00. The zero-order valence-corrected chi connectivity index (χ0v) is 21.4. The summed E-state index contributed by atoms with van der Waals surface area (Å²) in [5.41, 5.74) is 1.05. The molecule has 2 atom stereocenters. The first-order valence-electron chi connectivity index (χ1n) is 12.2. The first kappa shape index (κ1) is 26.5. The predicted molar refractivity (Wildman–Crippen MR) is 141 cm³/mol. The lowest BCUT2D eigenvalue weighted by Gasteiger charge is -2.23. The summed E-state index contributed by atoms with van der Waals surface area (Å²) in [5.74, 6) is -2.54. The average Bonchev–Trinajstić information content (AvgIpc) is 2.96. The molecule has 0 bridgehead atoms. The summed E-state index contributed by atoms with van der Waals surface area (Å²) in [7, 11) is -3.12. The third-order valence-electron chi connectivity index (χ3n) is 6.18. The largest absolute Gasteiger partial charge is 0.435 e. The van der Waals surface area contributed by atoms with Gasteiger partial charge in [0.05, 0.1) is 17.3 Å². The number of nitrogens with zero attached hydrogens (tertiary/aromatic N) is 4. The fraction of sp³-hybridized carbons (Fsp3) is 0.231. The molecule has 1 aromatic carbocycles. The van der Waals surface area contributed by atoms with Gasteiger partial charge in [0.15, 0.2) is 11.6 Å². The molecule has 3 N–H and O–H groups in total. The van der Waals surface area contributed by atoms with Crippen LogP contribution in [-0.4, -0.2) is 47.5 Å². The second-order valence-corrected chi connectivity index (χ2v) is 9.57. The van der Waals surface area contributed by atoms with E-state index in [9.17, 15) is 8.42 Å². The fourth-order valence-corrected chi connectivity index (χ4v) is 4.83. The van der Waals surface area contributed by atoms with Crippen molar-refractivity contribution in [2.24, 2.45) is 0 Å². The van der Waals surface area contributed by atoms with Gasteiger partial charge in [-0.3, -0.25) is 4.98 Å². The molecule has 1 aliphatic heterocycles. The van der Waals surface area contributed by atoms with Crippen LogP contribution < -0.4 is 20.1 Å². The minimum Gasteiger partial charge on any atom is -0.435 e. The van der Waals surface area contributed by atoms with Gasteiger partial charge in [-0.1, -0.05) is 12.1 Å². The Hall–Kier alpha value is -4.07. The quantitative estimate of drug-likeness (QED) is 0.231. The van der Waals surface area contributed by atoms with Crippen LogP contribution in [0.1, 0.15) is 30.0 Å². The summed E-state index contributed by atoms with van der Waals surface area (Å²) in [6, 6.07) is 9.66. The zero-order chi connectivity index (χ0) is 27.2. The Morgan fingerprint density at radius 2 is 1.90 bits per heavy atom. The monoisotopic (exact) mass is 553 g/mol. The van der Waals surface area contributed by atoms with E-state index in [4.69, 9.17) is 4.74 Å². The number of rotatable bonds is 9. The Balaban J connectivity index is 1.43. The lowest BCUT2D eigenvalue weighted by Crippen LogP contribution is -2.38. The maximum absolute atomic E-state index is 15.3. The fourth-order valence-electron chi connectivity index (χ4n) is 4.33. The van der Waals surface area contributed by atoms with Crippen molar-refractivity contribution in [2.45, 2.75) is 24.9 Å². The Kier molecular flexibility index (Phi) is 8.30. The van der Waals surface area contributed by atoms with E-state index in [0.29, 0.717) is 22.8 Å². The summed E-state index contributed by atoms with van der Waals surface area (Å²) in [4.78, 5) is 17.0. The van der Waals surface area contributed by atoms with Crippen molar-refractivity contribution in [3.63, 3.8) is 0 Å². The molecule has 4 heterocycles. The minimum atomic E-state index is -3.12. The third-order valence-corrected chi connectivity index (χ3v) is 6.65. The molecule has 13 heteroatoms. The number of anilines is 1. The maximum Gasteiger partial charge on any atom is 0.228 e. The molecule has 202 valence electrons. The number of hydrogen-bond donors (Lipinski definition) is 4. The molecule has 0 amide bonds. The van der Waals surface area contributed by atoms with Gasteiger partial charge in [0.25, 0.3) is 0 Å². The number of ether oxygens (including phenoxy) is 1. The number of halogens is 2. The van der Waals surface area contributed by atoms with Crippen LogP contribution in [0.15, 0.2) is 67.3 Å². The number of aromatic nitrogens is 4. The van der Waals surface area contributed by atoms with Gasteiger partial charge >= 0.3 is 0 Å². The number of benzene rings is 1. The molecular weight excluding hydrogens is 528 g/mol. The molecular formula is C26H25F2N7O3S. The van der Waals surface area contributed by atoms with Crippen LogP contribution in [0.2, 0.25) is 0 Å². The highest BCUT2D eigenvalue weighted by Gasteiger charge is 2.25. The summed E-state index contributed by atoms with van der Waals surface area (Å²) in [6.07, 6.45) is 7.95. The highest BCUT2D eigenvalue weighted by atomic mass is 32.2. The van der Waals surface area contributed by atoms with Gasteiger partial charge in [-0.2, -0.15) is 4.39 Å². The van der Waals surface area contributed by atoms with E-state index in [1.165, 1.54) is 30.7 Å². The SMILES string of the molecule is O=[SH](=O)N[C@@H](c1cccnc1)c1ccc(Oc2ncccc2-c2ccnc(N[C@H]3CCCNC3)n2)c(F)c1F. The van der Waals surface area contributed by atoms with E-state index in [0.717, 1.165) is 25.9 Å². The Morgan fingerprint density at radius 1 is 1.03 bits per heavy atom. The molecule has 3 aromatic heterocycles. The van der Waals surface area contributed by atoms with Crippen LogP contribution in [-0.2, 0) is 10.9 Å². The van der Waals surface area contributed by atoms with Crippen LogP contribution in [0, 0.1) is 11.6 Å². The maximum atomic E-state index is 15.3. The van der Waals surface area contributed by atoms with Crippen LogP contribution in [0.3, 0.4) is 0 Å². The second kappa shape index (κ2) is 12.2. The number of thiol groups is 1. The third kappa shape index (κ3) is 6.33. The highest BCUT2D eigenvalue weighted by Crippen LogP contribution is 2.35. The molecule has 0 unspecified atom stereocenters. The lowest BCUT2D eigenvalue weighted by molar-refractivity contribution is 0.402. The average molecular weight is 554 g/mol. The smallest absolute Gasteiger partial charge is 0.228 e. The van der Waals surface area contributed by atoms with E-state index in [1.54, 1.807) is 36.5 Å². The van der Waals surface area contributed by atoms with Crippen molar-refractivity contribution < 1.29 is 21.9 Å². The Labute approximate surface area is 225 Å². The summed E-state index contributed by atoms with van der Waals surface area (Å²) < 4.78 is 61.3. The number of piperidine rings is 1. The first-order valence-corrected chi connectivity index (χ1v) is 13.4. The van der Waals surface area contributed by atoms with Gasteiger partial charge in [-0.15, -0.1) is 0 Å². The van der Waals surface area contributed by atoms with Gasteiger partial charge in [-0.25, -0.2) is 32.5 Å². The topological polar surface area (TPSA) is 131 Å². The molecule has 10 nitrogen and oxygen atoms in total. The number of hydrogen-bond acceptors (Lipinski definition) is 9. The Morgan fingerprint density at radius 3 is 2.67 bits per heavy atom. The first-order chi connectivity index (χ1) is 19.0.